The number of carbonyl (C=O) groups excluding carboxylic acids is 1. The van der Waals surface area contributed by atoms with Crippen molar-refractivity contribution in [2.45, 2.75) is 13.8 Å². The van der Waals surface area contributed by atoms with E-state index >= 15 is 0 Å². The van der Waals surface area contributed by atoms with E-state index in [2.05, 4.69) is 42.9 Å². The highest BCUT2D eigenvalue weighted by Gasteiger charge is 2.29. The molecular formula is C20H20N2O. The number of fused-ring (bicyclic) bond motifs is 2. The molecule has 0 saturated heterocycles. The molecular weight excluding hydrogens is 284 g/mol. The minimum absolute atomic E-state index is 0.125. The number of nitrogens with one attached hydrogen (secondary N) is 1. The first kappa shape index (κ1) is 14.1. The maximum absolute atomic E-state index is 12.9. The summed E-state index contributed by atoms with van der Waals surface area (Å²) in [5, 5.41) is 4.66. The van der Waals surface area contributed by atoms with Crippen LogP contribution in [0.5, 0.6) is 0 Å². The molecule has 0 amide bonds. The average Bonchev–Trinajstić information content (AvgIpc) is 2.84. The fraction of sp³-hybridized carbons (Fsp3) is 0.250. The molecule has 0 bridgehead atoms. The summed E-state index contributed by atoms with van der Waals surface area (Å²) in [6, 6.07) is 13.9. The minimum atomic E-state index is 0.125. The van der Waals surface area contributed by atoms with Crippen molar-refractivity contribution in [2.24, 2.45) is 13.0 Å². The van der Waals surface area contributed by atoms with Crippen LogP contribution in [0.15, 0.2) is 42.5 Å². The summed E-state index contributed by atoms with van der Waals surface area (Å²) < 4.78 is 2.17. The van der Waals surface area contributed by atoms with Crippen LogP contribution in [0.4, 0.5) is 5.82 Å². The molecule has 3 aromatic rings. The Kier molecular flexibility index (Phi) is 3.05. The summed E-state index contributed by atoms with van der Waals surface area (Å²) >= 11 is 0. The van der Waals surface area contributed by atoms with Gasteiger partial charge in [0.05, 0.1) is 5.52 Å². The fourth-order valence-corrected chi connectivity index (χ4v) is 3.49. The molecule has 0 atom stereocenters. The molecule has 4 rings (SSSR count). The van der Waals surface area contributed by atoms with Crippen LogP contribution in [0.2, 0.25) is 0 Å². The standard InChI is InChI=1S/C20H20N2O/c1-12(2)11-21-20-18-13-7-4-5-8-14(13)19(23)15-9-6-10-16(17(15)18)22(20)3/h4-10,12,21H,11H2,1-3H3. The molecule has 23 heavy (non-hydrogen) atoms. The van der Waals surface area contributed by atoms with Crippen molar-refractivity contribution in [3.63, 3.8) is 0 Å². The van der Waals surface area contributed by atoms with E-state index in [1.165, 1.54) is 0 Å². The highest BCUT2D eigenvalue weighted by atomic mass is 16.1. The number of anilines is 1. The van der Waals surface area contributed by atoms with E-state index in [1.807, 2.05) is 30.3 Å². The molecule has 0 fully saturated rings. The van der Waals surface area contributed by atoms with Crippen molar-refractivity contribution < 1.29 is 4.79 Å². The molecule has 1 aliphatic rings. The maximum Gasteiger partial charge on any atom is 0.194 e. The molecule has 116 valence electrons. The third kappa shape index (κ3) is 1.93. The summed E-state index contributed by atoms with van der Waals surface area (Å²) in [5.74, 6) is 1.78. The first-order valence-corrected chi connectivity index (χ1v) is 8.09. The van der Waals surface area contributed by atoms with Gasteiger partial charge in [0.25, 0.3) is 0 Å². The van der Waals surface area contributed by atoms with Crippen molar-refractivity contribution >= 4 is 22.5 Å². The van der Waals surface area contributed by atoms with Gasteiger partial charge < -0.3 is 9.88 Å². The normalized spacial score (nSPS) is 12.8. The summed E-state index contributed by atoms with van der Waals surface area (Å²) in [7, 11) is 2.07. The topological polar surface area (TPSA) is 34.0 Å². The minimum Gasteiger partial charge on any atom is -0.371 e. The van der Waals surface area contributed by atoms with E-state index in [0.29, 0.717) is 5.92 Å². The molecule has 2 aromatic carbocycles. The van der Waals surface area contributed by atoms with Crippen molar-refractivity contribution in [2.75, 3.05) is 11.9 Å². The fourth-order valence-electron chi connectivity index (χ4n) is 3.49. The first-order chi connectivity index (χ1) is 11.1. The maximum atomic E-state index is 12.9. The molecule has 0 unspecified atom stereocenters. The van der Waals surface area contributed by atoms with Crippen molar-refractivity contribution in [1.29, 1.82) is 0 Å². The van der Waals surface area contributed by atoms with Crippen LogP contribution in [-0.4, -0.2) is 16.9 Å². The van der Waals surface area contributed by atoms with Gasteiger partial charge in [0.15, 0.2) is 5.78 Å². The van der Waals surface area contributed by atoms with Crippen LogP contribution in [0.25, 0.3) is 22.0 Å². The van der Waals surface area contributed by atoms with Gasteiger partial charge in [0.2, 0.25) is 0 Å². The summed E-state index contributed by atoms with van der Waals surface area (Å²) in [5.41, 5.74) is 4.91. The van der Waals surface area contributed by atoms with E-state index in [4.69, 9.17) is 0 Å². The molecule has 1 aliphatic carbocycles. The number of carbonyl (C=O) groups is 1. The molecule has 3 nitrogen and oxygen atoms in total. The smallest absolute Gasteiger partial charge is 0.194 e. The largest absolute Gasteiger partial charge is 0.371 e. The van der Waals surface area contributed by atoms with E-state index < -0.39 is 0 Å². The van der Waals surface area contributed by atoms with Gasteiger partial charge >= 0.3 is 0 Å². The van der Waals surface area contributed by atoms with Crippen molar-refractivity contribution in [3.8, 4) is 11.1 Å². The van der Waals surface area contributed by atoms with Crippen LogP contribution in [0.3, 0.4) is 0 Å². The zero-order chi connectivity index (χ0) is 16.1. The van der Waals surface area contributed by atoms with Crippen LogP contribution >= 0.6 is 0 Å². The lowest BCUT2D eigenvalue weighted by Gasteiger charge is -2.18. The third-order valence-corrected chi connectivity index (χ3v) is 4.59. The third-order valence-electron chi connectivity index (χ3n) is 4.59. The number of hydrogen-bond acceptors (Lipinski definition) is 2. The van der Waals surface area contributed by atoms with E-state index in [-0.39, 0.29) is 5.78 Å². The molecule has 0 radical (unpaired) electrons. The molecule has 1 heterocycles. The molecule has 1 aromatic heterocycles. The highest BCUT2D eigenvalue weighted by Crippen LogP contribution is 2.45. The van der Waals surface area contributed by atoms with Gasteiger partial charge in [-0.05, 0) is 17.5 Å². The van der Waals surface area contributed by atoms with Gasteiger partial charge in [0, 0.05) is 35.7 Å². The number of hydrogen-bond donors (Lipinski definition) is 1. The Balaban J connectivity index is 2.08. The molecule has 0 saturated carbocycles. The Morgan fingerprint density at radius 1 is 1.00 bits per heavy atom. The SMILES string of the molecule is CC(C)CNc1c2c3c(cccc3n1C)C(=O)c1ccccc1-2. The Morgan fingerprint density at radius 2 is 1.70 bits per heavy atom. The second-order valence-corrected chi connectivity index (χ2v) is 6.63. The second kappa shape index (κ2) is 4.98. The molecule has 0 spiro atoms. The monoisotopic (exact) mass is 304 g/mol. The number of ketones is 1. The Labute approximate surface area is 135 Å². The van der Waals surface area contributed by atoms with E-state index in [0.717, 1.165) is 45.5 Å². The van der Waals surface area contributed by atoms with Crippen LogP contribution < -0.4 is 5.32 Å². The van der Waals surface area contributed by atoms with Gasteiger partial charge in [-0.3, -0.25) is 4.79 Å². The zero-order valence-electron chi connectivity index (χ0n) is 13.7. The van der Waals surface area contributed by atoms with E-state index in [1.54, 1.807) is 0 Å². The molecule has 0 aliphatic heterocycles. The highest BCUT2D eigenvalue weighted by molar-refractivity contribution is 6.27. The van der Waals surface area contributed by atoms with Crippen LogP contribution in [-0.2, 0) is 7.05 Å². The zero-order valence-corrected chi connectivity index (χ0v) is 13.7. The Hall–Kier alpha value is -2.55. The lowest BCUT2D eigenvalue weighted by molar-refractivity contribution is 0.104. The van der Waals surface area contributed by atoms with E-state index in [9.17, 15) is 4.79 Å². The lowest BCUT2D eigenvalue weighted by atomic mass is 9.85. The van der Waals surface area contributed by atoms with Gasteiger partial charge in [0.1, 0.15) is 5.82 Å². The number of benzene rings is 2. The number of aryl methyl sites for hydroxylation is 1. The van der Waals surface area contributed by atoms with Crippen molar-refractivity contribution in [1.82, 2.24) is 4.57 Å². The van der Waals surface area contributed by atoms with Crippen molar-refractivity contribution in [3.05, 3.63) is 53.6 Å². The van der Waals surface area contributed by atoms with Crippen LogP contribution in [0, 0.1) is 5.92 Å². The predicted octanol–water partition coefficient (Wildman–Crippen LogP) is 4.46. The summed E-state index contributed by atoms with van der Waals surface area (Å²) in [6.07, 6.45) is 0. The predicted molar refractivity (Wildman–Crippen MR) is 95.1 cm³/mol. The summed E-state index contributed by atoms with van der Waals surface area (Å²) in [4.78, 5) is 12.9. The summed E-state index contributed by atoms with van der Waals surface area (Å²) in [6.45, 7) is 5.30. The molecule has 3 heteroatoms. The average molecular weight is 304 g/mol. The van der Waals surface area contributed by atoms with Gasteiger partial charge in [-0.25, -0.2) is 0 Å². The second-order valence-electron chi connectivity index (χ2n) is 6.63. The van der Waals surface area contributed by atoms with Gasteiger partial charge in [-0.15, -0.1) is 0 Å². The Bertz CT molecular complexity index is 934. The van der Waals surface area contributed by atoms with Crippen LogP contribution in [0.1, 0.15) is 29.8 Å². The number of rotatable bonds is 3. The quantitative estimate of drug-likeness (QED) is 0.606. The number of aromatic nitrogens is 1. The van der Waals surface area contributed by atoms with Gasteiger partial charge in [-0.2, -0.15) is 0 Å². The van der Waals surface area contributed by atoms with Gasteiger partial charge in [-0.1, -0.05) is 50.2 Å². The number of nitrogens with zero attached hydrogens (tertiary/aromatic N) is 1. The molecule has 1 N–H and O–H groups in total. The first-order valence-electron chi connectivity index (χ1n) is 8.09. The Morgan fingerprint density at radius 3 is 2.43 bits per heavy atom. The lowest BCUT2D eigenvalue weighted by Crippen LogP contribution is -2.12.